The van der Waals surface area contributed by atoms with Crippen LogP contribution in [0.15, 0.2) is 47.4 Å². The molecule has 0 spiro atoms. The molecule has 1 atom stereocenters. The maximum Gasteiger partial charge on any atom is 0.245 e. The van der Waals surface area contributed by atoms with Crippen molar-refractivity contribution in [1.29, 1.82) is 0 Å². The molecule has 3 rings (SSSR count). The molecule has 0 bridgehead atoms. The zero-order valence-electron chi connectivity index (χ0n) is 13.8. The first-order valence-electron chi connectivity index (χ1n) is 7.74. The van der Waals surface area contributed by atoms with Crippen LogP contribution >= 0.6 is 0 Å². The average molecular weight is 382 g/mol. The van der Waals surface area contributed by atoms with Gasteiger partial charge in [0.25, 0.3) is 0 Å². The summed E-state index contributed by atoms with van der Waals surface area (Å²) in [6, 6.07) is 7.88. The van der Waals surface area contributed by atoms with Crippen molar-refractivity contribution < 1.29 is 26.7 Å². The third kappa shape index (κ3) is 3.54. The number of nitrogens with one attached hydrogen (secondary N) is 1. The lowest BCUT2D eigenvalue weighted by molar-refractivity contribution is -0.118. The van der Waals surface area contributed by atoms with Gasteiger partial charge in [0.2, 0.25) is 15.9 Å². The summed E-state index contributed by atoms with van der Waals surface area (Å²) in [7, 11) is -2.78. The molecule has 1 heterocycles. The van der Waals surface area contributed by atoms with Gasteiger partial charge in [-0.25, -0.2) is 17.2 Å². The molecule has 2 aromatic carbocycles. The van der Waals surface area contributed by atoms with Gasteiger partial charge in [0.05, 0.1) is 7.11 Å². The molecule has 2 aromatic rings. The van der Waals surface area contributed by atoms with Crippen LogP contribution in [0.5, 0.6) is 5.75 Å². The molecule has 26 heavy (non-hydrogen) atoms. The van der Waals surface area contributed by atoms with E-state index in [1.165, 1.54) is 12.0 Å². The second-order valence-electron chi connectivity index (χ2n) is 5.73. The molecule has 0 radical (unpaired) electrons. The SMILES string of the molecule is COc1ccc(N2CCC(NS(=O)(=O)c3ccc(F)cc3F)C2=O)cc1. The third-order valence-electron chi connectivity index (χ3n) is 4.07. The summed E-state index contributed by atoms with van der Waals surface area (Å²) in [6.07, 6.45) is 0.229. The number of hydrogen-bond donors (Lipinski definition) is 1. The molecule has 0 aromatic heterocycles. The molecule has 1 unspecified atom stereocenters. The number of rotatable bonds is 5. The summed E-state index contributed by atoms with van der Waals surface area (Å²) in [5, 5.41) is 0. The van der Waals surface area contributed by atoms with E-state index in [4.69, 9.17) is 4.74 Å². The lowest BCUT2D eigenvalue weighted by atomic mass is 10.2. The van der Waals surface area contributed by atoms with Crippen LogP contribution in [0.3, 0.4) is 0 Å². The molecule has 138 valence electrons. The number of ether oxygens (including phenoxy) is 1. The molecular formula is C17H16F2N2O4S. The number of halogens is 2. The topological polar surface area (TPSA) is 75.7 Å². The van der Waals surface area contributed by atoms with Crippen LogP contribution in [0, 0.1) is 11.6 Å². The van der Waals surface area contributed by atoms with Gasteiger partial charge in [-0.1, -0.05) is 0 Å². The van der Waals surface area contributed by atoms with E-state index in [2.05, 4.69) is 4.72 Å². The van der Waals surface area contributed by atoms with Gasteiger partial charge in [-0.3, -0.25) is 4.79 Å². The molecule has 1 N–H and O–H groups in total. The predicted molar refractivity (Wildman–Crippen MR) is 90.4 cm³/mol. The highest BCUT2D eigenvalue weighted by atomic mass is 32.2. The summed E-state index contributed by atoms with van der Waals surface area (Å²) in [5.41, 5.74) is 0.602. The molecule has 1 saturated heterocycles. The highest BCUT2D eigenvalue weighted by Gasteiger charge is 2.36. The van der Waals surface area contributed by atoms with Crippen molar-refractivity contribution in [3.05, 3.63) is 54.1 Å². The van der Waals surface area contributed by atoms with E-state index in [0.29, 0.717) is 24.0 Å². The van der Waals surface area contributed by atoms with Gasteiger partial charge in [-0.05, 0) is 42.8 Å². The van der Waals surface area contributed by atoms with Crippen molar-refractivity contribution in [1.82, 2.24) is 4.72 Å². The van der Waals surface area contributed by atoms with Crippen molar-refractivity contribution in [3.8, 4) is 5.75 Å². The van der Waals surface area contributed by atoms with E-state index in [0.717, 1.165) is 12.1 Å². The molecular weight excluding hydrogens is 366 g/mol. The lowest BCUT2D eigenvalue weighted by Crippen LogP contribution is -2.41. The van der Waals surface area contributed by atoms with Crippen molar-refractivity contribution in [3.63, 3.8) is 0 Å². The van der Waals surface area contributed by atoms with E-state index in [-0.39, 0.29) is 6.42 Å². The number of anilines is 1. The Balaban J connectivity index is 1.77. The minimum atomic E-state index is -4.30. The fourth-order valence-corrected chi connectivity index (χ4v) is 4.03. The van der Waals surface area contributed by atoms with Crippen molar-refractivity contribution in [2.24, 2.45) is 0 Å². The zero-order chi connectivity index (χ0) is 18.9. The highest BCUT2D eigenvalue weighted by molar-refractivity contribution is 7.89. The van der Waals surface area contributed by atoms with Crippen LogP contribution < -0.4 is 14.4 Å². The number of nitrogens with zero attached hydrogens (tertiary/aromatic N) is 1. The minimum Gasteiger partial charge on any atom is -0.497 e. The smallest absolute Gasteiger partial charge is 0.245 e. The minimum absolute atomic E-state index is 0.229. The third-order valence-corrected chi connectivity index (χ3v) is 5.58. The van der Waals surface area contributed by atoms with E-state index in [1.54, 1.807) is 24.3 Å². The summed E-state index contributed by atoms with van der Waals surface area (Å²) in [5.74, 6) is -1.91. The number of amides is 1. The van der Waals surface area contributed by atoms with Crippen LogP contribution in [-0.2, 0) is 14.8 Å². The predicted octanol–water partition coefficient (Wildman–Crippen LogP) is 2.06. The Kier molecular flexibility index (Phi) is 4.92. The Morgan fingerprint density at radius 1 is 1.15 bits per heavy atom. The molecule has 1 amide bonds. The van der Waals surface area contributed by atoms with Crippen molar-refractivity contribution in [2.45, 2.75) is 17.4 Å². The summed E-state index contributed by atoms with van der Waals surface area (Å²) < 4.78 is 58.7. The number of carbonyl (C=O) groups is 1. The molecule has 9 heteroatoms. The fraction of sp³-hybridized carbons (Fsp3) is 0.235. The zero-order valence-corrected chi connectivity index (χ0v) is 14.6. The number of carbonyl (C=O) groups excluding carboxylic acids is 1. The van der Waals surface area contributed by atoms with Crippen LogP contribution in [0.1, 0.15) is 6.42 Å². The van der Waals surface area contributed by atoms with Gasteiger partial charge in [-0.15, -0.1) is 0 Å². The Bertz CT molecular complexity index is 932. The molecule has 6 nitrogen and oxygen atoms in total. The number of methoxy groups -OCH3 is 1. The van der Waals surface area contributed by atoms with Crippen LogP contribution in [0.2, 0.25) is 0 Å². The Morgan fingerprint density at radius 3 is 2.46 bits per heavy atom. The summed E-state index contributed by atoms with van der Waals surface area (Å²) in [4.78, 5) is 13.3. The first-order valence-corrected chi connectivity index (χ1v) is 9.23. The largest absolute Gasteiger partial charge is 0.497 e. The van der Waals surface area contributed by atoms with Crippen LogP contribution in [0.25, 0.3) is 0 Å². The van der Waals surface area contributed by atoms with Crippen molar-refractivity contribution in [2.75, 3.05) is 18.6 Å². The molecule has 0 aliphatic carbocycles. The number of hydrogen-bond acceptors (Lipinski definition) is 4. The molecule has 1 fully saturated rings. The first-order chi connectivity index (χ1) is 12.3. The fourth-order valence-electron chi connectivity index (χ4n) is 2.75. The maximum absolute atomic E-state index is 13.8. The van der Waals surface area contributed by atoms with Gasteiger partial charge in [0.1, 0.15) is 28.3 Å². The van der Waals surface area contributed by atoms with Gasteiger partial charge in [0.15, 0.2) is 0 Å². The van der Waals surface area contributed by atoms with E-state index >= 15 is 0 Å². The average Bonchev–Trinajstić information content (AvgIpc) is 2.94. The standard InChI is InChI=1S/C17H16F2N2O4S/c1-25-13-5-3-12(4-6-13)21-9-8-15(17(21)22)20-26(23,24)16-7-2-11(18)10-14(16)19/h2-7,10,15,20H,8-9H2,1H3. The van der Waals surface area contributed by atoms with Crippen LogP contribution in [0.4, 0.5) is 14.5 Å². The second kappa shape index (κ2) is 7.00. The molecule has 1 aliphatic heterocycles. The van der Waals surface area contributed by atoms with E-state index < -0.39 is 38.5 Å². The van der Waals surface area contributed by atoms with E-state index in [1.807, 2.05) is 0 Å². The Morgan fingerprint density at radius 2 is 1.85 bits per heavy atom. The van der Waals surface area contributed by atoms with Crippen LogP contribution in [-0.4, -0.2) is 34.0 Å². The van der Waals surface area contributed by atoms with Crippen molar-refractivity contribution >= 4 is 21.6 Å². The summed E-state index contributed by atoms with van der Waals surface area (Å²) in [6.45, 7) is 0.310. The quantitative estimate of drug-likeness (QED) is 0.859. The number of benzene rings is 2. The summed E-state index contributed by atoms with van der Waals surface area (Å²) >= 11 is 0. The van der Waals surface area contributed by atoms with Gasteiger partial charge in [0, 0.05) is 18.3 Å². The highest BCUT2D eigenvalue weighted by Crippen LogP contribution is 2.25. The molecule has 1 aliphatic rings. The lowest BCUT2D eigenvalue weighted by Gasteiger charge is -2.17. The van der Waals surface area contributed by atoms with Gasteiger partial charge >= 0.3 is 0 Å². The second-order valence-corrected chi connectivity index (χ2v) is 7.41. The van der Waals surface area contributed by atoms with E-state index in [9.17, 15) is 22.0 Å². The van der Waals surface area contributed by atoms with Gasteiger partial charge in [-0.2, -0.15) is 4.72 Å². The van der Waals surface area contributed by atoms with Gasteiger partial charge < -0.3 is 9.64 Å². The Labute approximate surface area is 149 Å². The maximum atomic E-state index is 13.8. The monoisotopic (exact) mass is 382 g/mol. The Hall–Kier alpha value is -2.52. The number of sulfonamides is 1. The molecule has 0 saturated carbocycles. The normalized spacial score (nSPS) is 17.6. The first kappa shape index (κ1) is 18.3.